The predicted octanol–water partition coefficient (Wildman–Crippen LogP) is 6.69. The number of carbonyl (C=O) groups excluding carboxylic acids is 2. The molecule has 0 radical (unpaired) electrons. The maximum absolute atomic E-state index is 13.6. The van der Waals surface area contributed by atoms with E-state index in [0.717, 1.165) is 35.7 Å². The Kier molecular flexibility index (Phi) is 9.93. The lowest BCUT2D eigenvalue weighted by atomic mass is 10.0. The van der Waals surface area contributed by atoms with Gasteiger partial charge in [0.1, 0.15) is 12.4 Å². The second-order valence-electron chi connectivity index (χ2n) is 10.0. The maximum atomic E-state index is 13.6. The molecule has 2 heterocycles. The zero-order valence-corrected chi connectivity index (χ0v) is 23.2. The molecule has 1 aliphatic heterocycles. The number of alkyl halides is 6. The van der Waals surface area contributed by atoms with E-state index in [1.54, 1.807) is 12.1 Å². The van der Waals surface area contributed by atoms with Crippen LogP contribution in [0, 0.1) is 5.82 Å². The monoisotopic (exact) mass is 615 g/mol. The minimum atomic E-state index is -5.13. The average Bonchev–Trinajstić information content (AvgIpc) is 3.65. The van der Waals surface area contributed by atoms with Crippen molar-refractivity contribution in [3.8, 4) is 0 Å². The topological polar surface area (TPSA) is 43.9 Å². The quantitative estimate of drug-likeness (QED) is 0.239. The van der Waals surface area contributed by atoms with Gasteiger partial charge in [0.15, 0.2) is 0 Å². The summed E-state index contributed by atoms with van der Waals surface area (Å²) < 4.78 is 94.5. The van der Waals surface area contributed by atoms with Crippen molar-refractivity contribution in [2.24, 2.45) is 0 Å². The minimum Gasteiger partial charge on any atom is -0.332 e. The molecule has 1 aromatic heterocycles. The van der Waals surface area contributed by atoms with Gasteiger partial charge in [0.2, 0.25) is 5.91 Å². The number of nitrogens with zero attached hydrogens (tertiary/aromatic N) is 3. The van der Waals surface area contributed by atoms with Gasteiger partial charge in [-0.1, -0.05) is 18.2 Å². The summed E-state index contributed by atoms with van der Waals surface area (Å²) in [5, 5.41) is 1.81. The summed E-state index contributed by atoms with van der Waals surface area (Å²) in [6.45, 7) is 1.30. The van der Waals surface area contributed by atoms with Crippen LogP contribution in [-0.2, 0) is 30.2 Å². The largest absolute Gasteiger partial charge is 0.416 e. The third-order valence-corrected chi connectivity index (χ3v) is 7.76. The Bertz CT molecular complexity index is 1320. The number of hydrogen-bond donors (Lipinski definition) is 0. The second kappa shape index (κ2) is 13.2. The van der Waals surface area contributed by atoms with E-state index in [0.29, 0.717) is 24.2 Å². The van der Waals surface area contributed by atoms with E-state index in [2.05, 4.69) is 0 Å². The van der Waals surface area contributed by atoms with E-state index in [9.17, 15) is 40.3 Å². The van der Waals surface area contributed by atoms with Gasteiger partial charge in [0.05, 0.1) is 17.7 Å². The molecule has 0 unspecified atom stereocenters. The average molecular weight is 616 g/mol. The van der Waals surface area contributed by atoms with Gasteiger partial charge < -0.3 is 14.7 Å². The molecule has 42 heavy (non-hydrogen) atoms. The lowest BCUT2D eigenvalue weighted by Crippen LogP contribution is -2.45. The highest BCUT2D eigenvalue weighted by molar-refractivity contribution is 7.09. The van der Waals surface area contributed by atoms with Gasteiger partial charge in [-0.05, 0) is 73.3 Å². The molecule has 1 saturated heterocycles. The minimum absolute atomic E-state index is 0.0397. The molecular weight excluding hydrogens is 587 g/mol. The van der Waals surface area contributed by atoms with Crippen LogP contribution < -0.4 is 0 Å². The summed E-state index contributed by atoms with van der Waals surface area (Å²) in [7, 11) is 0. The fraction of sp³-hybridized carbons (Fsp3) is 0.379. The summed E-state index contributed by atoms with van der Waals surface area (Å²) in [6.07, 6.45) is -8.41. The summed E-state index contributed by atoms with van der Waals surface area (Å²) in [6, 6.07) is 9.79. The predicted molar refractivity (Wildman–Crippen MR) is 143 cm³/mol. The third kappa shape index (κ3) is 8.54. The maximum Gasteiger partial charge on any atom is 0.416 e. The second-order valence-corrected chi connectivity index (χ2v) is 11.1. The van der Waals surface area contributed by atoms with Crippen LogP contribution in [0.1, 0.15) is 44.8 Å². The van der Waals surface area contributed by atoms with E-state index >= 15 is 0 Å². The molecule has 1 aliphatic rings. The van der Waals surface area contributed by atoms with Gasteiger partial charge >= 0.3 is 12.4 Å². The van der Waals surface area contributed by atoms with E-state index in [4.69, 9.17) is 0 Å². The standard InChI is InChI=1S/C29H28F7N3O2S/c30-24-7-5-20(6-8-24)17-39(18-25-4-3-13-42-25)26(40)19-38(12-11-37-9-1-2-10-37)27(41)21-14-22(28(31,32)33)16-23(15-21)29(34,35)36/h3-8,13-16H,1-2,9-12,17-19H2. The van der Waals surface area contributed by atoms with Crippen molar-refractivity contribution in [2.45, 2.75) is 38.3 Å². The fourth-order valence-corrected chi connectivity index (χ4v) is 5.40. The number of halogens is 7. The number of rotatable bonds is 10. The van der Waals surface area contributed by atoms with Gasteiger partial charge in [0.25, 0.3) is 5.91 Å². The Balaban J connectivity index is 1.64. The SMILES string of the molecule is O=C(CN(CCN1CCCC1)C(=O)c1cc(C(F)(F)F)cc(C(F)(F)F)c1)N(Cc1ccc(F)cc1)Cc1cccs1. The van der Waals surface area contributed by atoms with E-state index in [-0.39, 0.29) is 25.7 Å². The van der Waals surface area contributed by atoms with Crippen LogP contribution in [-0.4, -0.2) is 59.2 Å². The number of thiophene rings is 1. The molecule has 0 spiro atoms. The molecular formula is C29H28F7N3O2S. The van der Waals surface area contributed by atoms with Crippen LogP contribution in [0.3, 0.4) is 0 Å². The Morgan fingerprint density at radius 2 is 1.45 bits per heavy atom. The summed E-state index contributed by atoms with van der Waals surface area (Å²) >= 11 is 1.38. The fourth-order valence-electron chi connectivity index (χ4n) is 4.68. The van der Waals surface area contributed by atoms with Crippen molar-refractivity contribution in [3.05, 3.63) is 92.9 Å². The first-order valence-electron chi connectivity index (χ1n) is 13.2. The number of likely N-dealkylation sites (tertiary alicyclic amines) is 1. The Labute approximate surface area is 242 Å². The molecule has 3 aromatic rings. The van der Waals surface area contributed by atoms with Gasteiger partial charge in [-0.25, -0.2) is 4.39 Å². The van der Waals surface area contributed by atoms with Crippen molar-refractivity contribution in [2.75, 3.05) is 32.7 Å². The Morgan fingerprint density at radius 1 is 0.833 bits per heavy atom. The number of hydrogen-bond acceptors (Lipinski definition) is 4. The van der Waals surface area contributed by atoms with Crippen molar-refractivity contribution >= 4 is 23.2 Å². The Morgan fingerprint density at radius 3 is 2.00 bits per heavy atom. The first kappa shape index (κ1) is 31.5. The van der Waals surface area contributed by atoms with Crippen molar-refractivity contribution in [1.82, 2.24) is 14.7 Å². The van der Waals surface area contributed by atoms with Gasteiger partial charge in [-0.2, -0.15) is 26.3 Å². The normalized spacial score (nSPS) is 14.3. The highest BCUT2D eigenvalue weighted by atomic mass is 32.1. The molecule has 0 N–H and O–H groups in total. The first-order valence-corrected chi connectivity index (χ1v) is 14.0. The van der Waals surface area contributed by atoms with Crippen LogP contribution >= 0.6 is 11.3 Å². The molecule has 226 valence electrons. The molecule has 5 nitrogen and oxygen atoms in total. The van der Waals surface area contributed by atoms with Crippen LogP contribution in [0.25, 0.3) is 0 Å². The highest BCUT2D eigenvalue weighted by Gasteiger charge is 2.38. The molecule has 0 saturated carbocycles. The summed E-state index contributed by atoms with van der Waals surface area (Å²) in [5.74, 6) is -2.14. The van der Waals surface area contributed by atoms with Crippen molar-refractivity contribution in [1.29, 1.82) is 0 Å². The van der Waals surface area contributed by atoms with E-state index in [1.165, 1.54) is 40.5 Å². The molecule has 0 aliphatic carbocycles. The van der Waals surface area contributed by atoms with Gasteiger partial charge in [-0.3, -0.25) is 9.59 Å². The van der Waals surface area contributed by atoms with Crippen LogP contribution in [0.4, 0.5) is 30.7 Å². The lowest BCUT2D eigenvalue weighted by molar-refractivity contribution is -0.143. The zero-order chi connectivity index (χ0) is 30.5. The zero-order valence-electron chi connectivity index (χ0n) is 22.3. The first-order chi connectivity index (χ1) is 19.8. The lowest BCUT2D eigenvalue weighted by Gasteiger charge is -2.29. The highest BCUT2D eigenvalue weighted by Crippen LogP contribution is 2.36. The molecule has 2 amide bonds. The number of benzene rings is 2. The summed E-state index contributed by atoms with van der Waals surface area (Å²) in [4.78, 5) is 32.4. The molecule has 2 aromatic carbocycles. The number of amides is 2. The van der Waals surface area contributed by atoms with Gasteiger partial charge in [-0.15, -0.1) is 11.3 Å². The number of carbonyl (C=O) groups is 2. The smallest absolute Gasteiger partial charge is 0.332 e. The molecule has 4 rings (SSSR count). The van der Waals surface area contributed by atoms with Crippen LogP contribution in [0.15, 0.2) is 60.0 Å². The van der Waals surface area contributed by atoms with Gasteiger partial charge in [0, 0.05) is 30.1 Å². The molecule has 0 atom stereocenters. The molecule has 1 fully saturated rings. The molecule has 13 heteroatoms. The Hall–Kier alpha value is -3.45. The summed E-state index contributed by atoms with van der Waals surface area (Å²) in [5.41, 5.74) is -3.43. The van der Waals surface area contributed by atoms with Crippen molar-refractivity contribution < 1.29 is 40.3 Å². The van der Waals surface area contributed by atoms with E-state index < -0.39 is 53.2 Å². The van der Waals surface area contributed by atoms with Crippen LogP contribution in [0.5, 0.6) is 0 Å². The van der Waals surface area contributed by atoms with Crippen LogP contribution in [0.2, 0.25) is 0 Å². The third-order valence-electron chi connectivity index (χ3n) is 6.90. The van der Waals surface area contributed by atoms with E-state index in [1.807, 2.05) is 10.3 Å². The molecule has 0 bridgehead atoms. The van der Waals surface area contributed by atoms with Crippen molar-refractivity contribution in [3.63, 3.8) is 0 Å².